The summed E-state index contributed by atoms with van der Waals surface area (Å²) >= 11 is 16.8. The molecule has 0 aliphatic carbocycles. The lowest BCUT2D eigenvalue weighted by atomic mass is 10.2. The summed E-state index contributed by atoms with van der Waals surface area (Å²) in [5.74, 6) is -0.913. The molecule has 3 nitrogen and oxygen atoms in total. The number of halogens is 3. The molecule has 0 unspecified atom stereocenters. The van der Waals surface area contributed by atoms with E-state index in [1.807, 2.05) is 6.92 Å². The number of carbonyl (C=O) groups is 1. The Labute approximate surface area is 138 Å². The highest BCUT2D eigenvalue weighted by atomic mass is 79.9. The van der Waals surface area contributed by atoms with Crippen molar-refractivity contribution in [2.45, 2.75) is 13.5 Å². The Bertz CT molecular complexity index is 649. The zero-order valence-electron chi connectivity index (χ0n) is 10.3. The molecule has 0 spiro atoms. The molecular formula is C13H10BrCl2NO2S. The summed E-state index contributed by atoms with van der Waals surface area (Å²) in [7, 11) is 0. The molecule has 0 amide bonds. The molecule has 0 aliphatic heterocycles. The quantitative estimate of drug-likeness (QED) is 0.726. The van der Waals surface area contributed by atoms with Gasteiger partial charge in [-0.25, -0.2) is 4.79 Å². The van der Waals surface area contributed by atoms with Gasteiger partial charge >= 0.3 is 5.97 Å². The number of carboxylic acids is 1. The topological polar surface area (TPSA) is 49.3 Å². The first-order valence-electron chi connectivity index (χ1n) is 5.59. The highest BCUT2D eigenvalue weighted by molar-refractivity contribution is 9.10. The minimum atomic E-state index is -0.913. The van der Waals surface area contributed by atoms with Gasteiger partial charge in [0.1, 0.15) is 4.88 Å². The van der Waals surface area contributed by atoms with Gasteiger partial charge in [-0.1, -0.05) is 39.1 Å². The van der Waals surface area contributed by atoms with E-state index < -0.39 is 5.97 Å². The van der Waals surface area contributed by atoms with Gasteiger partial charge in [-0.3, -0.25) is 0 Å². The third-order valence-corrected chi connectivity index (χ3v) is 4.83. The molecule has 2 N–H and O–H groups in total. The fourth-order valence-corrected chi connectivity index (χ4v) is 3.92. The van der Waals surface area contributed by atoms with Crippen LogP contribution >= 0.6 is 50.5 Å². The summed E-state index contributed by atoms with van der Waals surface area (Å²) in [5, 5.41) is 13.1. The van der Waals surface area contributed by atoms with Crippen molar-refractivity contribution in [2.75, 3.05) is 5.32 Å². The number of rotatable bonds is 4. The minimum Gasteiger partial charge on any atom is -0.477 e. The molecule has 1 aromatic carbocycles. The van der Waals surface area contributed by atoms with Gasteiger partial charge in [0.25, 0.3) is 0 Å². The maximum absolute atomic E-state index is 10.9. The molecular weight excluding hydrogens is 385 g/mol. The van der Waals surface area contributed by atoms with Crippen molar-refractivity contribution in [2.24, 2.45) is 0 Å². The van der Waals surface area contributed by atoms with Crippen LogP contribution in [0.5, 0.6) is 0 Å². The molecule has 20 heavy (non-hydrogen) atoms. The molecule has 0 bridgehead atoms. The number of nitrogens with one attached hydrogen (secondary N) is 1. The summed E-state index contributed by atoms with van der Waals surface area (Å²) in [5.41, 5.74) is 1.56. The van der Waals surface area contributed by atoms with Crippen LogP contribution in [0.1, 0.15) is 20.1 Å². The van der Waals surface area contributed by atoms with E-state index in [9.17, 15) is 4.79 Å². The SMILES string of the molecule is Cc1sc(C(=O)O)cc1CNc1c(Cl)cc(Br)cc1Cl. The van der Waals surface area contributed by atoms with Gasteiger partial charge in [0, 0.05) is 15.9 Å². The Morgan fingerprint density at radius 2 is 1.95 bits per heavy atom. The second-order valence-electron chi connectivity index (χ2n) is 4.10. The van der Waals surface area contributed by atoms with Crippen LogP contribution in [0.25, 0.3) is 0 Å². The van der Waals surface area contributed by atoms with Gasteiger partial charge in [0.2, 0.25) is 0 Å². The fraction of sp³-hybridized carbons (Fsp3) is 0.154. The molecule has 1 aromatic heterocycles. The zero-order valence-corrected chi connectivity index (χ0v) is 14.3. The van der Waals surface area contributed by atoms with Crippen molar-refractivity contribution in [3.05, 3.63) is 48.0 Å². The van der Waals surface area contributed by atoms with Gasteiger partial charge in [0.05, 0.1) is 15.7 Å². The molecule has 1 heterocycles. The first-order valence-corrected chi connectivity index (χ1v) is 7.96. The fourth-order valence-electron chi connectivity index (χ4n) is 1.70. The molecule has 2 aromatic rings. The largest absolute Gasteiger partial charge is 0.477 e. The van der Waals surface area contributed by atoms with Crippen LogP contribution < -0.4 is 5.32 Å². The number of benzene rings is 1. The average molecular weight is 395 g/mol. The zero-order chi connectivity index (χ0) is 14.9. The van der Waals surface area contributed by atoms with E-state index in [4.69, 9.17) is 28.3 Å². The second kappa shape index (κ2) is 6.35. The van der Waals surface area contributed by atoms with Crippen LogP contribution in [0.15, 0.2) is 22.7 Å². The maximum Gasteiger partial charge on any atom is 0.345 e. The van der Waals surface area contributed by atoms with Crippen molar-refractivity contribution in [3.63, 3.8) is 0 Å². The number of carboxylic acid groups (broad SMARTS) is 1. The van der Waals surface area contributed by atoms with E-state index in [-0.39, 0.29) is 0 Å². The number of hydrogen-bond donors (Lipinski definition) is 2. The molecule has 2 rings (SSSR count). The predicted molar refractivity (Wildman–Crippen MR) is 87.5 cm³/mol. The van der Waals surface area contributed by atoms with Crippen molar-refractivity contribution in [3.8, 4) is 0 Å². The van der Waals surface area contributed by atoms with E-state index in [0.29, 0.717) is 27.2 Å². The van der Waals surface area contributed by atoms with Crippen molar-refractivity contribution in [1.29, 1.82) is 0 Å². The maximum atomic E-state index is 10.9. The molecule has 0 saturated carbocycles. The monoisotopic (exact) mass is 393 g/mol. The van der Waals surface area contributed by atoms with Gasteiger partial charge in [-0.15, -0.1) is 11.3 Å². The van der Waals surface area contributed by atoms with Crippen LogP contribution in [-0.4, -0.2) is 11.1 Å². The van der Waals surface area contributed by atoms with Crippen molar-refractivity contribution >= 4 is 62.1 Å². The summed E-state index contributed by atoms with van der Waals surface area (Å²) < 4.78 is 0.804. The lowest BCUT2D eigenvalue weighted by molar-refractivity contribution is 0.0702. The summed E-state index contributed by atoms with van der Waals surface area (Å²) in [6.07, 6.45) is 0. The Hall–Kier alpha value is -0.750. The average Bonchev–Trinajstić information content (AvgIpc) is 2.70. The smallest absolute Gasteiger partial charge is 0.345 e. The second-order valence-corrected chi connectivity index (χ2v) is 7.08. The molecule has 0 saturated heterocycles. The van der Waals surface area contributed by atoms with Crippen LogP contribution in [0, 0.1) is 6.92 Å². The van der Waals surface area contributed by atoms with E-state index in [1.54, 1.807) is 18.2 Å². The lowest BCUT2D eigenvalue weighted by Crippen LogP contribution is -2.01. The molecule has 0 fully saturated rings. The Morgan fingerprint density at radius 3 is 2.45 bits per heavy atom. The number of hydrogen-bond acceptors (Lipinski definition) is 3. The predicted octanol–water partition coefficient (Wildman–Crippen LogP) is 5.44. The third kappa shape index (κ3) is 3.47. The molecule has 0 atom stereocenters. The van der Waals surface area contributed by atoms with E-state index >= 15 is 0 Å². The number of aryl methyl sites for hydroxylation is 1. The van der Waals surface area contributed by atoms with Crippen LogP contribution in [-0.2, 0) is 6.54 Å². The van der Waals surface area contributed by atoms with Crippen molar-refractivity contribution in [1.82, 2.24) is 0 Å². The Balaban J connectivity index is 2.19. The highest BCUT2D eigenvalue weighted by Gasteiger charge is 2.12. The first kappa shape index (κ1) is 15.6. The molecule has 0 aliphatic rings. The Morgan fingerprint density at radius 1 is 1.35 bits per heavy atom. The number of thiophene rings is 1. The lowest BCUT2D eigenvalue weighted by Gasteiger charge is -2.10. The number of aromatic carboxylic acids is 1. The van der Waals surface area contributed by atoms with Gasteiger partial charge < -0.3 is 10.4 Å². The van der Waals surface area contributed by atoms with E-state index in [1.165, 1.54) is 11.3 Å². The molecule has 0 radical (unpaired) electrons. The third-order valence-electron chi connectivity index (χ3n) is 2.69. The Kier molecular flexibility index (Phi) is 4.96. The molecule has 7 heteroatoms. The van der Waals surface area contributed by atoms with Crippen molar-refractivity contribution < 1.29 is 9.90 Å². The molecule has 106 valence electrons. The van der Waals surface area contributed by atoms with E-state index in [2.05, 4.69) is 21.2 Å². The van der Waals surface area contributed by atoms with Crippen LogP contribution in [0.4, 0.5) is 5.69 Å². The first-order chi connectivity index (χ1) is 9.38. The van der Waals surface area contributed by atoms with Crippen LogP contribution in [0.3, 0.4) is 0 Å². The normalized spacial score (nSPS) is 10.6. The highest BCUT2D eigenvalue weighted by Crippen LogP contribution is 2.34. The van der Waals surface area contributed by atoms with Gasteiger partial charge in [0.15, 0.2) is 0 Å². The minimum absolute atomic E-state index is 0.326. The van der Waals surface area contributed by atoms with Gasteiger partial charge in [-0.05, 0) is 30.7 Å². The summed E-state index contributed by atoms with van der Waals surface area (Å²) in [6.45, 7) is 2.36. The standard InChI is InChI=1S/C13H10BrCl2NO2S/c1-6-7(2-11(20-6)13(18)19)5-17-12-9(15)3-8(14)4-10(12)16/h2-4,17H,5H2,1H3,(H,18,19). The summed E-state index contributed by atoms with van der Waals surface area (Å²) in [6, 6.07) is 5.16. The van der Waals surface area contributed by atoms with Crippen LogP contribution in [0.2, 0.25) is 10.0 Å². The number of anilines is 1. The van der Waals surface area contributed by atoms with Gasteiger partial charge in [-0.2, -0.15) is 0 Å². The summed E-state index contributed by atoms with van der Waals surface area (Å²) in [4.78, 5) is 12.2. The van der Waals surface area contributed by atoms with E-state index in [0.717, 1.165) is 14.9 Å².